The van der Waals surface area contributed by atoms with Crippen molar-refractivity contribution in [3.05, 3.63) is 12.4 Å². The smallest absolute Gasteiger partial charge is 0.327 e. The predicted octanol–water partition coefficient (Wildman–Crippen LogP) is 1.14. The Morgan fingerprint density at radius 3 is 2.89 bits per heavy atom. The van der Waals surface area contributed by atoms with E-state index in [1.54, 1.807) is 18.0 Å². The third-order valence-corrected chi connectivity index (χ3v) is 3.08. The summed E-state index contributed by atoms with van der Waals surface area (Å²) in [7, 11) is 1.32. The summed E-state index contributed by atoms with van der Waals surface area (Å²) in [6.45, 7) is 4.10. The van der Waals surface area contributed by atoms with Crippen LogP contribution in [0.4, 0.5) is 5.69 Å². The molecule has 0 atom stereocenters. The molecular weight excluding hydrogens is 254 g/mol. The van der Waals surface area contributed by atoms with Gasteiger partial charge in [0.25, 0.3) is 0 Å². The first-order chi connectivity index (χ1) is 8.51. The standard InChI is InChI=1S/C11H17N3O3S/c1-8(2)18-7-10(15)13-9-4-12-14(5-9)6-11(16)17-3/h4-5,8H,6-7H2,1-3H3,(H,13,15). The molecule has 7 heteroatoms. The normalized spacial score (nSPS) is 10.4. The second-order valence-corrected chi connectivity index (χ2v) is 5.48. The summed E-state index contributed by atoms with van der Waals surface area (Å²) < 4.78 is 5.93. The largest absolute Gasteiger partial charge is 0.468 e. The number of thioether (sulfide) groups is 1. The lowest BCUT2D eigenvalue weighted by molar-refractivity contribution is -0.141. The molecule has 1 rings (SSSR count). The number of amides is 1. The van der Waals surface area contributed by atoms with Crippen LogP contribution in [0.2, 0.25) is 0 Å². The molecule has 0 aliphatic heterocycles. The summed E-state index contributed by atoms with van der Waals surface area (Å²) in [6.07, 6.45) is 3.09. The van der Waals surface area contributed by atoms with Gasteiger partial charge in [0.2, 0.25) is 5.91 Å². The Bertz CT molecular complexity index is 417. The van der Waals surface area contributed by atoms with Crippen LogP contribution in [0.1, 0.15) is 13.8 Å². The Hall–Kier alpha value is -1.50. The lowest BCUT2D eigenvalue weighted by atomic mass is 10.5. The minimum absolute atomic E-state index is 0.0348. The Morgan fingerprint density at radius 2 is 2.28 bits per heavy atom. The van der Waals surface area contributed by atoms with Crippen LogP contribution in [0.5, 0.6) is 0 Å². The zero-order valence-corrected chi connectivity index (χ0v) is 11.5. The molecule has 0 aliphatic rings. The van der Waals surface area contributed by atoms with Crippen LogP contribution in [0.15, 0.2) is 12.4 Å². The molecule has 0 aromatic carbocycles. The van der Waals surface area contributed by atoms with E-state index in [4.69, 9.17) is 0 Å². The summed E-state index contributed by atoms with van der Waals surface area (Å²) in [4.78, 5) is 22.6. The number of nitrogens with one attached hydrogen (secondary N) is 1. The molecule has 1 N–H and O–H groups in total. The van der Waals surface area contributed by atoms with Crippen molar-refractivity contribution in [1.29, 1.82) is 0 Å². The number of carbonyl (C=O) groups excluding carboxylic acids is 2. The first kappa shape index (κ1) is 14.6. The molecule has 0 bridgehead atoms. The van der Waals surface area contributed by atoms with Crippen LogP contribution in [0.3, 0.4) is 0 Å². The van der Waals surface area contributed by atoms with Crippen molar-refractivity contribution in [1.82, 2.24) is 9.78 Å². The third-order valence-electron chi connectivity index (χ3n) is 1.98. The molecule has 1 amide bonds. The average molecular weight is 271 g/mol. The van der Waals surface area contributed by atoms with E-state index in [9.17, 15) is 9.59 Å². The maximum Gasteiger partial charge on any atom is 0.327 e. The minimum Gasteiger partial charge on any atom is -0.468 e. The highest BCUT2D eigenvalue weighted by molar-refractivity contribution is 8.00. The molecule has 1 aromatic heterocycles. The maximum absolute atomic E-state index is 11.5. The number of rotatable bonds is 6. The Labute approximate surface area is 110 Å². The van der Waals surface area contributed by atoms with E-state index in [-0.39, 0.29) is 18.4 Å². The number of methoxy groups -OCH3 is 1. The van der Waals surface area contributed by atoms with Gasteiger partial charge in [0, 0.05) is 6.20 Å². The number of aromatic nitrogens is 2. The summed E-state index contributed by atoms with van der Waals surface area (Å²) >= 11 is 1.57. The second kappa shape index (κ2) is 7.05. The van der Waals surface area contributed by atoms with Gasteiger partial charge in [-0.2, -0.15) is 5.10 Å². The topological polar surface area (TPSA) is 73.2 Å². The Morgan fingerprint density at radius 1 is 1.56 bits per heavy atom. The molecular formula is C11H17N3O3S. The number of hydrogen-bond donors (Lipinski definition) is 1. The molecule has 0 fully saturated rings. The number of carbonyl (C=O) groups is 2. The van der Waals surface area contributed by atoms with E-state index in [2.05, 4.69) is 15.2 Å². The summed E-state index contributed by atoms with van der Waals surface area (Å²) in [5.74, 6) is -0.0579. The van der Waals surface area contributed by atoms with E-state index < -0.39 is 0 Å². The quantitative estimate of drug-likeness (QED) is 0.785. The molecule has 0 radical (unpaired) electrons. The van der Waals surface area contributed by atoms with Crippen molar-refractivity contribution in [3.63, 3.8) is 0 Å². The van der Waals surface area contributed by atoms with Gasteiger partial charge in [-0.3, -0.25) is 14.3 Å². The number of nitrogens with zero attached hydrogens (tertiary/aromatic N) is 2. The maximum atomic E-state index is 11.5. The Balaban J connectivity index is 2.43. The molecule has 1 aromatic rings. The zero-order valence-electron chi connectivity index (χ0n) is 10.7. The molecule has 0 saturated heterocycles. The fourth-order valence-electron chi connectivity index (χ4n) is 1.15. The lowest BCUT2D eigenvalue weighted by Crippen LogP contribution is -2.15. The monoisotopic (exact) mass is 271 g/mol. The van der Waals surface area contributed by atoms with Crippen LogP contribution < -0.4 is 5.32 Å². The van der Waals surface area contributed by atoms with Crippen molar-refractivity contribution in [2.24, 2.45) is 0 Å². The van der Waals surface area contributed by atoms with Crippen LogP contribution in [-0.4, -0.2) is 39.8 Å². The summed E-state index contributed by atoms with van der Waals surface area (Å²) in [5, 5.41) is 7.08. The lowest BCUT2D eigenvalue weighted by Gasteiger charge is -2.04. The van der Waals surface area contributed by atoms with Gasteiger partial charge in [-0.25, -0.2) is 0 Å². The van der Waals surface area contributed by atoms with Gasteiger partial charge in [-0.05, 0) is 5.25 Å². The van der Waals surface area contributed by atoms with E-state index in [1.165, 1.54) is 18.0 Å². The molecule has 0 aliphatic carbocycles. The Kier molecular flexibility index (Phi) is 5.70. The summed E-state index contributed by atoms with van der Waals surface area (Å²) in [5.41, 5.74) is 0.577. The summed E-state index contributed by atoms with van der Waals surface area (Å²) in [6, 6.07) is 0. The first-order valence-electron chi connectivity index (χ1n) is 5.52. The number of anilines is 1. The highest BCUT2D eigenvalue weighted by Gasteiger charge is 2.08. The van der Waals surface area contributed by atoms with Crippen molar-refractivity contribution in [3.8, 4) is 0 Å². The van der Waals surface area contributed by atoms with Crippen molar-refractivity contribution < 1.29 is 14.3 Å². The molecule has 0 unspecified atom stereocenters. The highest BCUT2D eigenvalue weighted by Crippen LogP contribution is 2.10. The molecule has 6 nitrogen and oxygen atoms in total. The van der Waals surface area contributed by atoms with E-state index in [0.29, 0.717) is 16.7 Å². The third kappa shape index (κ3) is 5.22. The second-order valence-electron chi connectivity index (χ2n) is 3.91. The van der Waals surface area contributed by atoms with Crippen LogP contribution in [0.25, 0.3) is 0 Å². The number of ether oxygens (including phenoxy) is 1. The van der Waals surface area contributed by atoms with Gasteiger partial charge in [0.15, 0.2) is 0 Å². The first-order valence-corrected chi connectivity index (χ1v) is 6.57. The van der Waals surface area contributed by atoms with E-state index >= 15 is 0 Å². The number of hydrogen-bond acceptors (Lipinski definition) is 5. The van der Waals surface area contributed by atoms with Crippen molar-refractivity contribution >= 4 is 29.3 Å². The van der Waals surface area contributed by atoms with Gasteiger partial charge in [-0.1, -0.05) is 13.8 Å². The highest BCUT2D eigenvalue weighted by atomic mass is 32.2. The van der Waals surface area contributed by atoms with Gasteiger partial charge in [0.05, 0.1) is 24.7 Å². The SMILES string of the molecule is COC(=O)Cn1cc(NC(=O)CSC(C)C)cn1. The average Bonchev–Trinajstić information content (AvgIpc) is 2.73. The van der Waals surface area contributed by atoms with Gasteiger partial charge in [-0.15, -0.1) is 11.8 Å². The van der Waals surface area contributed by atoms with E-state index in [0.717, 1.165) is 0 Å². The van der Waals surface area contributed by atoms with Gasteiger partial charge in [0.1, 0.15) is 6.54 Å². The minimum atomic E-state index is -0.383. The molecule has 100 valence electrons. The van der Waals surface area contributed by atoms with Crippen molar-refractivity contribution in [2.45, 2.75) is 25.6 Å². The molecule has 0 spiro atoms. The zero-order chi connectivity index (χ0) is 13.5. The van der Waals surface area contributed by atoms with Crippen molar-refractivity contribution in [2.75, 3.05) is 18.2 Å². The molecule has 0 saturated carbocycles. The molecule has 18 heavy (non-hydrogen) atoms. The fraction of sp³-hybridized carbons (Fsp3) is 0.545. The van der Waals surface area contributed by atoms with Crippen LogP contribution >= 0.6 is 11.8 Å². The van der Waals surface area contributed by atoms with Gasteiger partial charge >= 0.3 is 5.97 Å². The van der Waals surface area contributed by atoms with Crippen LogP contribution in [0, 0.1) is 0 Å². The van der Waals surface area contributed by atoms with Crippen LogP contribution in [-0.2, 0) is 20.9 Å². The fourth-order valence-corrected chi connectivity index (χ4v) is 1.71. The number of esters is 1. The van der Waals surface area contributed by atoms with Gasteiger partial charge < -0.3 is 10.1 Å². The molecule has 1 heterocycles. The predicted molar refractivity (Wildman–Crippen MR) is 70.5 cm³/mol. The van der Waals surface area contributed by atoms with E-state index in [1.807, 2.05) is 13.8 Å².